The van der Waals surface area contributed by atoms with Crippen molar-refractivity contribution in [2.45, 2.75) is 52.0 Å². The van der Waals surface area contributed by atoms with E-state index in [4.69, 9.17) is 5.11 Å². The number of amides is 2. The Bertz CT molecular complexity index is 286. The summed E-state index contributed by atoms with van der Waals surface area (Å²) in [5, 5.41) is 14.6. The number of hydrogen-bond acceptors (Lipinski definition) is 2. The van der Waals surface area contributed by atoms with Gasteiger partial charge in [-0.1, -0.05) is 6.92 Å². The largest absolute Gasteiger partial charge is 0.481 e. The predicted octanol–water partition coefficient (Wildman–Crippen LogP) is 1.98. The second-order valence-electron chi connectivity index (χ2n) is 5.22. The molecule has 1 atom stereocenters. The Labute approximate surface area is 108 Å². The standard InChI is InChI=1S/C13H24N2O3/c1-3-9(2)15-13(18)14-8-10-4-6-11(7-5-10)12(16)17/h9-11H,3-8H2,1-2H3,(H,16,17)(H2,14,15,18). The summed E-state index contributed by atoms with van der Waals surface area (Å²) in [7, 11) is 0. The Morgan fingerprint density at radius 1 is 1.28 bits per heavy atom. The average molecular weight is 256 g/mol. The number of nitrogens with one attached hydrogen (secondary N) is 2. The summed E-state index contributed by atoms with van der Waals surface area (Å²) in [6.45, 7) is 4.64. The van der Waals surface area contributed by atoms with Crippen LogP contribution in [0.25, 0.3) is 0 Å². The molecule has 5 nitrogen and oxygen atoms in total. The minimum atomic E-state index is -0.684. The highest BCUT2D eigenvalue weighted by Gasteiger charge is 2.25. The van der Waals surface area contributed by atoms with Crippen LogP contribution in [0.15, 0.2) is 0 Å². The van der Waals surface area contributed by atoms with Crippen molar-refractivity contribution in [3.8, 4) is 0 Å². The number of hydrogen-bond donors (Lipinski definition) is 3. The summed E-state index contributed by atoms with van der Waals surface area (Å²) in [5.41, 5.74) is 0. The van der Waals surface area contributed by atoms with Crippen LogP contribution >= 0.6 is 0 Å². The smallest absolute Gasteiger partial charge is 0.315 e. The van der Waals surface area contributed by atoms with Crippen molar-refractivity contribution in [3.05, 3.63) is 0 Å². The molecule has 0 aromatic rings. The van der Waals surface area contributed by atoms with Gasteiger partial charge in [0.2, 0.25) is 0 Å². The molecule has 5 heteroatoms. The molecule has 0 aliphatic heterocycles. The van der Waals surface area contributed by atoms with Crippen LogP contribution in [-0.2, 0) is 4.79 Å². The summed E-state index contributed by atoms with van der Waals surface area (Å²) >= 11 is 0. The lowest BCUT2D eigenvalue weighted by atomic mass is 9.82. The Hall–Kier alpha value is -1.26. The number of urea groups is 1. The van der Waals surface area contributed by atoms with Crippen molar-refractivity contribution in [2.75, 3.05) is 6.54 Å². The molecule has 0 heterocycles. The van der Waals surface area contributed by atoms with Gasteiger partial charge in [0, 0.05) is 12.6 Å². The third kappa shape index (κ3) is 4.94. The molecule has 0 radical (unpaired) electrons. The highest BCUT2D eigenvalue weighted by molar-refractivity contribution is 5.74. The Morgan fingerprint density at radius 2 is 1.89 bits per heavy atom. The molecule has 0 saturated heterocycles. The van der Waals surface area contributed by atoms with Gasteiger partial charge < -0.3 is 15.7 Å². The van der Waals surface area contributed by atoms with E-state index in [1.54, 1.807) is 0 Å². The fourth-order valence-corrected chi connectivity index (χ4v) is 2.23. The lowest BCUT2D eigenvalue weighted by molar-refractivity contribution is -0.143. The third-order valence-corrected chi connectivity index (χ3v) is 3.74. The van der Waals surface area contributed by atoms with Crippen LogP contribution in [0.4, 0.5) is 4.79 Å². The Morgan fingerprint density at radius 3 is 2.39 bits per heavy atom. The van der Waals surface area contributed by atoms with Crippen LogP contribution in [-0.4, -0.2) is 29.7 Å². The summed E-state index contributed by atoms with van der Waals surface area (Å²) in [5.74, 6) is -0.450. The maximum absolute atomic E-state index is 11.5. The van der Waals surface area contributed by atoms with Crippen molar-refractivity contribution in [2.24, 2.45) is 11.8 Å². The van der Waals surface area contributed by atoms with Crippen LogP contribution in [0.5, 0.6) is 0 Å². The Balaban J connectivity index is 2.18. The molecule has 2 amide bonds. The highest BCUT2D eigenvalue weighted by Crippen LogP contribution is 2.28. The molecule has 1 aliphatic carbocycles. The van der Waals surface area contributed by atoms with Gasteiger partial charge in [-0.05, 0) is 44.9 Å². The molecule has 0 aromatic heterocycles. The van der Waals surface area contributed by atoms with Crippen molar-refractivity contribution >= 4 is 12.0 Å². The molecule has 1 fully saturated rings. The van der Waals surface area contributed by atoms with Gasteiger partial charge in [-0.25, -0.2) is 4.79 Å². The lowest BCUT2D eigenvalue weighted by Gasteiger charge is -2.26. The average Bonchev–Trinajstić information content (AvgIpc) is 2.36. The molecule has 0 aromatic carbocycles. The van der Waals surface area contributed by atoms with Gasteiger partial charge in [-0.15, -0.1) is 0 Å². The van der Waals surface area contributed by atoms with Crippen LogP contribution in [0.2, 0.25) is 0 Å². The molecule has 18 heavy (non-hydrogen) atoms. The second kappa shape index (κ2) is 7.24. The number of carbonyl (C=O) groups is 2. The maximum Gasteiger partial charge on any atom is 0.315 e. The lowest BCUT2D eigenvalue weighted by Crippen LogP contribution is -2.42. The van der Waals surface area contributed by atoms with E-state index in [9.17, 15) is 9.59 Å². The van der Waals surface area contributed by atoms with Gasteiger partial charge in [0.05, 0.1) is 5.92 Å². The molecule has 1 unspecified atom stereocenters. The van der Waals surface area contributed by atoms with E-state index >= 15 is 0 Å². The minimum absolute atomic E-state index is 0.121. The second-order valence-corrected chi connectivity index (χ2v) is 5.22. The zero-order chi connectivity index (χ0) is 13.5. The Kier molecular flexibility index (Phi) is 5.95. The van der Waals surface area contributed by atoms with E-state index < -0.39 is 5.97 Å². The van der Waals surface area contributed by atoms with E-state index in [0.29, 0.717) is 12.5 Å². The first-order chi connectivity index (χ1) is 8.52. The van der Waals surface area contributed by atoms with Crippen molar-refractivity contribution < 1.29 is 14.7 Å². The zero-order valence-electron chi connectivity index (χ0n) is 11.2. The monoisotopic (exact) mass is 256 g/mol. The van der Waals surface area contributed by atoms with Crippen molar-refractivity contribution in [3.63, 3.8) is 0 Å². The first-order valence-electron chi connectivity index (χ1n) is 6.80. The fraction of sp³-hybridized carbons (Fsp3) is 0.846. The molecular formula is C13H24N2O3. The molecule has 1 aliphatic rings. The zero-order valence-corrected chi connectivity index (χ0v) is 11.2. The van der Waals surface area contributed by atoms with E-state index in [-0.39, 0.29) is 18.0 Å². The fourth-order valence-electron chi connectivity index (χ4n) is 2.23. The van der Waals surface area contributed by atoms with Crippen LogP contribution < -0.4 is 10.6 Å². The van der Waals surface area contributed by atoms with E-state index in [2.05, 4.69) is 10.6 Å². The van der Waals surface area contributed by atoms with Crippen molar-refractivity contribution in [1.29, 1.82) is 0 Å². The third-order valence-electron chi connectivity index (χ3n) is 3.74. The van der Waals surface area contributed by atoms with E-state index in [0.717, 1.165) is 32.1 Å². The number of carboxylic acids is 1. The summed E-state index contributed by atoms with van der Waals surface area (Å²) in [4.78, 5) is 22.3. The molecule has 104 valence electrons. The molecule has 0 bridgehead atoms. The molecule has 1 saturated carbocycles. The number of rotatable bonds is 5. The normalized spacial score (nSPS) is 25.2. The first-order valence-corrected chi connectivity index (χ1v) is 6.80. The predicted molar refractivity (Wildman–Crippen MR) is 69.4 cm³/mol. The van der Waals surface area contributed by atoms with Gasteiger partial charge in [-0.3, -0.25) is 4.79 Å². The summed E-state index contributed by atoms with van der Waals surface area (Å²) < 4.78 is 0. The first kappa shape index (κ1) is 14.8. The number of carboxylic acid groups (broad SMARTS) is 1. The van der Waals surface area contributed by atoms with E-state index in [1.165, 1.54) is 0 Å². The molecule has 1 rings (SSSR count). The van der Waals surface area contributed by atoms with Crippen LogP contribution in [0, 0.1) is 11.8 Å². The number of aliphatic carboxylic acids is 1. The SMILES string of the molecule is CCC(C)NC(=O)NCC1CCC(C(=O)O)CC1. The van der Waals surface area contributed by atoms with Gasteiger partial charge in [0.15, 0.2) is 0 Å². The highest BCUT2D eigenvalue weighted by atomic mass is 16.4. The van der Waals surface area contributed by atoms with Gasteiger partial charge in [-0.2, -0.15) is 0 Å². The quantitative estimate of drug-likeness (QED) is 0.703. The minimum Gasteiger partial charge on any atom is -0.481 e. The molecule has 3 N–H and O–H groups in total. The van der Waals surface area contributed by atoms with Crippen molar-refractivity contribution in [1.82, 2.24) is 10.6 Å². The summed E-state index contributed by atoms with van der Waals surface area (Å²) in [6.07, 6.45) is 4.15. The van der Waals surface area contributed by atoms with Crippen LogP contribution in [0.1, 0.15) is 46.0 Å². The van der Waals surface area contributed by atoms with Crippen LogP contribution in [0.3, 0.4) is 0 Å². The van der Waals surface area contributed by atoms with E-state index in [1.807, 2.05) is 13.8 Å². The summed E-state index contributed by atoms with van der Waals surface area (Å²) in [6, 6.07) is 0.0671. The maximum atomic E-state index is 11.5. The molecular weight excluding hydrogens is 232 g/mol. The topological polar surface area (TPSA) is 78.4 Å². The molecule has 0 spiro atoms. The number of carbonyl (C=O) groups excluding carboxylic acids is 1. The van der Waals surface area contributed by atoms with Gasteiger partial charge in [0.25, 0.3) is 0 Å². The van der Waals surface area contributed by atoms with Gasteiger partial charge >= 0.3 is 12.0 Å². The van der Waals surface area contributed by atoms with Gasteiger partial charge in [0.1, 0.15) is 0 Å².